The van der Waals surface area contributed by atoms with Gasteiger partial charge in [0.15, 0.2) is 11.5 Å². The Morgan fingerprint density at radius 3 is 2.33 bits per heavy atom. The predicted molar refractivity (Wildman–Crippen MR) is 73.4 cm³/mol. The minimum atomic E-state index is 0.688. The summed E-state index contributed by atoms with van der Waals surface area (Å²) in [6.07, 6.45) is 0. The zero-order valence-electron chi connectivity index (χ0n) is 10.9. The average Bonchev–Trinajstić information content (AvgIpc) is 2.30. The summed E-state index contributed by atoms with van der Waals surface area (Å²) in [6, 6.07) is 11.5. The Kier molecular flexibility index (Phi) is 3.42. The molecular formula is C15H17NO2. The van der Waals surface area contributed by atoms with E-state index < -0.39 is 0 Å². The number of hydrogen-bond donors (Lipinski definition) is 1. The van der Waals surface area contributed by atoms with Crippen molar-refractivity contribution in [1.82, 2.24) is 0 Å². The van der Waals surface area contributed by atoms with Gasteiger partial charge in [0.25, 0.3) is 0 Å². The molecule has 0 spiro atoms. The Bertz CT molecular complexity index is 544. The fourth-order valence-corrected chi connectivity index (χ4v) is 1.82. The maximum atomic E-state index is 5.81. The van der Waals surface area contributed by atoms with Gasteiger partial charge in [-0.25, -0.2) is 0 Å². The van der Waals surface area contributed by atoms with Crippen LogP contribution in [0.4, 0.5) is 5.69 Å². The highest BCUT2D eigenvalue weighted by Gasteiger charge is 2.06. The first-order chi connectivity index (χ1) is 8.58. The molecule has 2 aromatic rings. The van der Waals surface area contributed by atoms with E-state index in [0.29, 0.717) is 11.4 Å². The monoisotopic (exact) mass is 243 g/mol. The van der Waals surface area contributed by atoms with Gasteiger partial charge in [0.1, 0.15) is 5.75 Å². The maximum Gasteiger partial charge on any atom is 0.169 e. The molecule has 2 aromatic carbocycles. The highest BCUT2D eigenvalue weighted by Crippen LogP contribution is 2.33. The zero-order chi connectivity index (χ0) is 13.1. The van der Waals surface area contributed by atoms with Crippen LogP contribution in [0.25, 0.3) is 0 Å². The lowest BCUT2D eigenvalue weighted by molar-refractivity contribution is 0.378. The first-order valence-corrected chi connectivity index (χ1v) is 5.78. The van der Waals surface area contributed by atoms with Crippen molar-refractivity contribution in [2.24, 2.45) is 0 Å². The molecule has 0 atom stereocenters. The van der Waals surface area contributed by atoms with Gasteiger partial charge in [0, 0.05) is 11.8 Å². The summed E-state index contributed by atoms with van der Waals surface area (Å²) in [6.45, 7) is 3.99. The third-order valence-corrected chi connectivity index (χ3v) is 2.62. The van der Waals surface area contributed by atoms with Crippen LogP contribution in [0, 0.1) is 13.8 Å². The molecular weight excluding hydrogens is 226 g/mol. The summed E-state index contributed by atoms with van der Waals surface area (Å²) in [4.78, 5) is 0. The van der Waals surface area contributed by atoms with Crippen LogP contribution in [0.3, 0.4) is 0 Å². The van der Waals surface area contributed by atoms with Crippen LogP contribution >= 0.6 is 0 Å². The molecule has 0 aromatic heterocycles. The molecule has 2 N–H and O–H groups in total. The third-order valence-electron chi connectivity index (χ3n) is 2.62. The van der Waals surface area contributed by atoms with Crippen LogP contribution < -0.4 is 15.2 Å². The van der Waals surface area contributed by atoms with E-state index in [9.17, 15) is 0 Å². The Balaban J connectivity index is 2.33. The Hall–Kier alpha value is -2.16. The summed E-state index contributed by atoms with van der Waals surface area (Å²) in [5.41, 5.74) is 8.68. The average molecular weight is 243 g/mol. The van der Waals surface area contributed by atoms with E-state index in [1.165, 1.54) is 0 Å². The fraction of sp³-hybridized carbons (Fsp3) is 0.200. The van der Waals surface area contributed by atoms with E-state index in [0.717, 1.165) is 22.6 Å². The third kappa shape index (κ3) is 2.74. The van der Waals surface area contributed by atoms with Gasteiger partial charge in [-0.2, -0.15) is 0 Å². The Labute approximate surface area is 107 Å². The predicted octanol–water partition coefficient (Wildman–Crippen LogP) is 3.69. The van der Waals surface area contributed by atoms with Gasteiger partial charge in [0.05, 0.1) is 7.11 Å². The van der Waals surface area contributed by atoms with Crippen molar-refractivity contribution in [1.29, 1.82) is 0 Å². The highest BCUT2D eigenvalue weighted by atomic mass is 16.5. The van der Waals surface area contributed by atoms with Crippen LogP contribution in [0.15, 0.2) is 36.4 Å². The van der Waals surface area contributed by atoms with E-state index in [1.54, 1.807) is 13.2 Å². The van der Waals surface area contributed by atoms with Crippen molar-refractivity contribution in [2.45, 2.75) is 13.8 Å². The van der Waals surface area contributed by atoms with Crippen LogP contribution in [0.1, 0.15) is 11.1 Å². The first-order valence-electron chi connectivity index (χ1n) is 5.78. The molecule has 0 unspecified atom stereocenters. The normalized spacial score (nSPS) is 10.2. The lowest BCUT2D eigenvalue weighted by Crippen LogP contribution is -1.93. The second kappa shape index (κ2) is 5.00. The molecule has 0 fully saturated rings. The number of hydrogen-bond acceptors (Lipinski definition) is 3. The molecule has 0 radical (unpaired) electrons. The standard InChI is InChI=1S/C15H17NO2/c1-10-4-5-14(15(8-10)17-3)18-13-7-11(2)6-12(16)9-13/h4-9H,16H2,1-3H3. The molecule has 3 nitrogen and oxygen atoms in total. The van der Waals surface area contributed by atoms with Crippen LogP contribution in [-0.2, 0) is 0 Å². The van der Waals surface area contributed by atoms with Gasteiger partial charge >= 0.3 is 0 Å². The molecule has 0 aliphatic heterocycles. The van der Waals surface area contributed by atoms with E-state index in [2.05, 4.69) is 0 Å². The molecule has 0 bridgehead atoms. The number of anilines is 1. The number of benzene rings is 2. The molecule has 0 heterocycles. The van der Waals surface area contributed by atoms with Crippen LogP contribution in [0.5, 0.6) is 17.2 Å². The van der Waals surface area contributed by atoms with Crippen molar-refractivity contribution >= 4 is 5.69 Å². The summed E-state index contributed by atoms with van der Waals surface area (Å²) in [5, 5.41) is 0. The second-order valence-corrected chi connectivity index (χ2v) is 4.34. The van der Waals surface area contributed by atoms with Crippen molar-refractivity contribution in [3.63, 3.8) is 0 Å². The second-order valence-electron chi connectivity index (χ2n) is 4.34. The van der Waals surface area contributed by atoms with E-state index in [4.69, 9.17) is 15.2 Å². The van der Waals surface area contributed by atoms with E-state index in [1.807, 2.05) is 44.2 Å². The summed E-state index contributed by atoms with van der Waals surface area (Å²) < 4.78 is 11.1. The number of methoxy groups -OCH3 is 1. The van der Waals surface area contributed by atoms with Crippen molar-refractivity contribution in [3.8, 4) is 17.2 Å². The molecule has 2 rings (SSSR count). The quantitative estimate of drug-likeness (QED) is 0.836. The minimum Gasteiger partial charge on any atom is -0.493 e. The topological polar surface area (TPSA) is 44.5 Å². The van der Waals surface area contributed by atoms with Gasteiger partial charge in [-0.3, -0.25) is 0 Å². The molecule has 0 amide bonds. The molecule has 0 aliphatic rings. The molecule has 0 saturated carbocycles. The highest BCUT2D eigenvalue weighted by molar-refractivity contribution is 5.50. The van der Waals surface area contributed by atoms with Gasteiger partial charge < -0.3 is 15.2 Å². The molecule has 94 valence electrons. The summed E-state index contributed by atoms with van der Waals surface area (Å²) >= 11 is 0. The smallest absolute Gasteiger partial charge is 0.169 e. The zero-order valence-corrected chi connectivity index (χ0v) is 10.9. The Morgan fingerprint density at radius 1 is 0.889 bits per heavy atom. The fourth-order valence-electron chi connectivity index (χ4n) is 1.82. The largest absolute Gasteiger partial charge is 0.493 e. The van der Waals surface area contributed by atoms with Gasteiger partial charge in [-0.05, 0) is 49.2 Å². The van der Waals surface area contributed by atoms with Crippen LogP contribution in [0.2, 0.25) is 0 Å². The molecule has 3 heteroatoms. The van der Waals surface area contributed by atoms with Crippen molar-refractivity contribution in [2.75, 3.05) is 12.8 Å². The molecule has 0 aliphatic carbocycles. The first kappa shape index (κ1) is 12.3. The number of rotatable bonds is 3. The number of aryl methyl sites for hydroxylation is 2. The number of nitrogen functional groups attached to an aromatic ring is 1. The molecule has 0 saturated heterocycles. The van der Waals surface area contributed by atoms with E-state index in [-0.39, 0.29) is 0 Å². The lowest BCUT2D eigenvalue weighted by atomic mass is 10.2. The van der Waals surface area contributed by atoms with Gasteiger partial charge in [-0.1, -0.05) is 6.07 Å². The van der Waals surface area contributed by atoms with Crippen LogP contribution in [-0.4, -0.2) is 7.11 Å². The lowest BCUT2D eigenvalue weighted by Gasteiger charge is -2.12. The minimum absolute atomic E-state index is 0.688. The van der Waals surface area contributed by atoms with Gasteiger partial charge in [0.2, 0.25) is 0 Å². The van der Waals surface area contributed by atoms with Crippen molar-refractivity contribution < 1.29 is 9.47 Å². The SMILES string of the molecule is COc1cc(C)ccc1Oc1cc(C)cc(N)c1. The summed E-state index contributed by atoms with van der Waals surface area (Å²) in [7, 11) is 1.63. The number of nitrogens with two attached hydrogens (primary N) is 1. The summed E-state index contributed by atoms with van der Waals surface area (Å²) in [5.74, 6) is 2.12. The van der Waals surface area contributed by atoms with Gasteiger partial charge in [-0.15, -0.1) is 0 Å². The molecule has 18 heavy (non-hydrogen) atoms. The maximum absolute atomic E-state index is 5.81. The Morgan fingerprint density at radius 2 is 1.67 bits per heavy atom. The number of ether oxygens (including phenoxy) is 2. The van der Waals surface area contributed by atoms with E-state index >= 15 is 0 Å². The van der Waals surface area contributed by atoms with Crippen molar-refractivity contribution in [3.05, 3.63) is 47.5 Å².